The van der Waals surface area contributed by atoms with Crippen LogP contribution in [0.25, 0.3) is 0 Å². The van der Waals surface area contributed by atoms with Gasteiger partial charge in [0.2, 0.25) is 5.91 Å². The third-order valence-corrected chi connectivity index (χ3v) is 4.65. The van der Waals surface area contributed by atoms with Gasteiger partial charge in [-0.2, -0.15) is 0 Å². The molecule has 1 saturated heterocycles. The number of amides is 1. The topological polar surface area (TPSA) is 60.0 Å². The number of guanidine groups is 1. The summed E-state index contributed by atoms with van der Waals surface area (Å²) in [6, 6.07) is 10.9. The van der Waals surface area contributed by atoms with Crippen LogP contribution in [0.3, 0.4) is 0 Å². The van der Waals surface area contributed by atoms with E-state index in [4.69, 9.17) is 0 Å². The molecule has 0 saturated carbocycles. The predicted octanol–water partition coefficient (Wildman–Crippen LogP) is 2.08. The van der Waals surface area contributed by atoms with Gasteiger partial charge in [-0.3, -0.25) is 4.79 Å². The number of carbonyl (C=O) groups excluding carboxylic acids is 1. The summed E-state index contributed by atoms with van der Waals surface area (Å²) in [5.41, 5.74) is 1.29. The fourth-order valence-electron chi connectivity index (χ4n) is 2.94. The van der Waals surface area contributed by atoms with Crippen LogP contribution in [0.15, 0.2) is 35.3 Å². The summed E-state index contributed by atoms with van der Waals surface area (Å²) in [6.07, 6.45) is 4.34. The zero-order chi connectivity index (χ0) is 18.8. The molecule has 1 aromatic rings. The zero-order valence-corrected chi connectivity index (χ0v) is 16.4. The Morgan fingerprint density at radius 1 is 1.23 bits per heavy atom. The van der Waals surface area contributed by atoms with Gasteiger partial charge < -0.3 is 20.4 Å². The molecule has 144 valence electrons. The minimum atomic E-state index is 0.0143. The van der Waals surface area contributed by atoms with E-state index in [0.29, 0.717) is 6.04 Å². The van der Waals surface area contributed by atoms with Gasteiger partial charge in [-0.1, -0.05) is 31.5 Å². The number of anilines is 1. The Balaban J connectivity index is 1.87. The molecule has 1 aromatic carbocycles. The van der Waals surface area contributed by atoms with Gasteiger partial charge in [0.1, 0.15) is 6.54 Å². The van der Waals surface area contributed by atoms with E-state index in [1.807, 2.05) is 0 Å². The van der Waals surface area contributed by atoms with Crippen molar-refractivity contribution >= 4 is 17.6 Å². The molecule has 1 aliphatic heterocycles. The van der Waals surface area contributed by atoms with Crippen LogP contribution in [0.4, 0.5) is 5.69 Å². The van der Waals surface area contributed by atoms with E-state index in [1.54, 1.807) is 19.0 Å². The Bertz CT molecular complexity index is 565. The van der Waals surface area contributed by atoms with Crippen molar-refractivity contribution in [1.29, 1.82) is 0 Å². The molecule has 6 heteroatoms. The predicted molar refractivity (Wildman–Crippen MR) is 109 cm³/mol. The van der Waals surface area contributed by atoms with E-state index in [0.717, 1.165) is 51.3 Å². The van der Waals surface area contributed by atoms with Crippen molar-refractivity contribution in [1.82, 2.24) is 15.5 Å². The monoisotopic (exact) mass is 359 g/mol. The standard InChI is InChI=1S/C20H33N5O/c1-4-5-13-21-20(22-16-19(26)24(2)3)23-17-11-14-25(15-12-17)18-9-7-6-8-10-18/h6-10,17H,4-5,11-16H2,1-3H3,(H2,21,22,23). The van der Waals surface area contributed by atoms with E-state index in [9.17, 15) is 4.79 Å². The van der Waals surface area contributed by atoms with Crippen molar-refractivity contribution in [2.45, 2.75) is 38.6 Å². The Kier molecular flexibility index (Phi) is 8.25. The normalized spacial score (nSPS) is 15.7. The largest absolute Gasteiger partial charge is 0.371 e. The van der Waals surface area contributed by atoms with Crippen LogP contribution >= 0.6 is 0 Å². The number of likely N-dealkylation sites (N-methyl/N-ethyl adjacent to an activating group) is 1. The lowest BCUT2D eigenvalue weighted by Crippen LogP contribution is -2.49. The number of piperidine rings is 1. The summed E-state index contributed by atoms with van der Waals surface area (Å²) >= 11 is 0. The van der Waals surface area contributed by atoms with Crippen molar-refractivity contribution in [2.75, 3.05) is 45.2 Å². The molecule has 0 spiro atoms. The molecule has 0 atom stereocenters. The summed E-state index contributed by atoms with van der Waals surface area (Å²) in [5, 5.41) is 6.88. The number of hydrogen-bond donors (Lipinski definition) is 2. The summed E-state index contributed by atoms with van der Waals surface area (Å²) in [5.74, 6) is 0.771. The maximum Gasteiger partial charge on any atom is 0.243 e. The van der Waals surface area contributed by atoms with Gasteiger partial charge in [-0.05, 0) is 31.4 Å². The van der Waals surface area contributed by atoms with Crippen molar-refractivity contribution in [3.63, 3.8) is 0 Å². The highest BCUT2D eigenvalue weighted by Crippen LogP contribution is 2.19. The van der Waals surface area contributed by atoms with Crippen LogP contribution in [-0.4, -0.2) is 63.1 Å². The third-order valence-electron chi connectivity index (χ3n) is 4.65. The molecule has 26 heavy (non-hydrogen) atoms. The van der Waals surface area contributed by atoms with Crippen molar-refractivity contribution in [3.8, 4) is 0 Å². The summed E-state index contributed by atoms with van der Waals surface area (Å²) < 4.78 is 0. The number of benzene rings is 1. The summed E-state index contributed by atoms with van der Waals surface area (Å²) in [7, 11) is 3.52. The van der Waals surface area contributed by atoms with E-state index >= 15 is 0 Å². The second kappa shape index (κ2) is 10.7. The molecule has 0 bridgehead atoms. The summed E-state index contributed by atoms with van der Waals surface area (Å²) in [4.78, 5) is 20.3. The highest BCUT2D eigenvalue weighted by Gasteiger charge is 2.20. The smallest absolute Gasteiger partial charge is 0.243 e. The van der Waals surface area contributed by atoms with Crippen LogP contribution in [0.1, 0.15) is 32.6 Å². The fourth-order valence-corrected chi connectivity index (χ4v) is 2.94. The SMILES string of the molecule is CCCCNC(=NCC(=O)N(C)C)NC1CCN(c2ccccc2)CC1. The van der Waals surface area contributed by atoms with E-state index < -0.39 is 0 Å². The average Bonchev–Trinajstić information content (AvgIpc) is 2.67. The molecule has 0 aliphatic carbocycles. The molecule has 0 unspecified atom stereocenters. The number of nitrogens with one attached hydrogen (secondary N) is 2. The molecule has 6 nitrogen and oxygen atoms in total. The molecule has 0 aromatic heterocycles. The second-order valence-corrected chi connectivity index (χ2v) is 6.97. The molecule has 2 rings (SSSR count). The quantitative estimate of drug-likeness (QED) is 0.445. The lowest BCUT2D eigenvalue weighted by Gasteiger charge is -2.34. The first-order valence-electron chi connectivity index (χ1n) is 9.65. The molecule has 1 fully saturated rings. The molecule has 1 aliphatic rings. The van der Waals surface area contributed by atoms with E-state index in [2.05, 4.69) is 57.8 Å². The zero-order valence-electron chi connectivity index (χ0n) is 16.4. The summed E-state index contributed by atoms with van der Waals surface area (Å²) in [6.45, 7) is 5.28. The maximum absolute atomic E-state index is 11.8. The number of para-hydroxylation sites is 1. The van der Waals surface area contributed by atoms with Crippen LogP contribution in [0.2, 0.25) is 0 Å². The molecule has 2 N–H and O–H groups in total. The number of aliphatic imine (C=N–C) groups is 1. The molecule has 1 heterocycles. The van der Waals surface area contributed by atoms with Crippen molar-refractivity contribution in [3.05, 3.63) is 30.3 Å². The molecule has 1 amide bonds. The van der Waals surface area contributed by atoms with Gasteiger partial charge in [-0.25, -0.2) is 4.99 Å². The first-order valence-corrected chi connectivity index (χ1v) is 9.65. The van der Waals surface area contributed by atoms with E-state index in [1.165, 1.54) is 5.69 Å². The van der Waals surface area contributed by atoms with Gasteiger partial charge >= 0.3 is 0 Å². The van der Waals surface area contributed by atoms with Gasteiger partial charge in [0.15, 0.2) is 5.96 Å². The third kappa shape index (κ3) is 6.58. The number of nitrogens with zero attached hydrogens (tertiary/aromatic N) is 3. The Hall–Kier alpha value is -2.24. The molecular weight excluding hydrogens is 326 g/mol. The average molecular weight is 360 g/mol. The van der Waals surface area contributed by atoms with Crippen LogP contribution < -0.4 is 15.5 Å². The Morgan fingerprint density at radius 2 is 1.92 bits per heavy atom. The Morgan fingerprint density at radius 3 is 2.54 bits per heavy atom. The van der Waals surface area contributed by atoms with Gasteiger partial charge in [-0.15, -0.1) is 0 Å². The van der Waals surface area contributed by atoms with E-state index in [-0.39, 0.29) is 12.5 Å². The van der Waals surface area contributed by atoms with Crippen LogP contribution in [-0.2, 0) is 4.79 Å². The maximum atomic E-state index is 11.8. The van der Waals surface area contributed by atoms with Crippen LogP contribution in [0, 0.1) is 0 Å². The highest BCUT2D eigenvalue weighted by atomic mass is 16.2. The van der Waals surface area contributed by atoms with Crippen molar-refractivity contribution in [2.24, 2.45) is 4.99 Å². The molecule has 0 radical (unpaired) electrons. The number of unbranched alkanes of at least 4 members (excludes halogenated alkanes) is 1. The first-order chi connectivity index (χ1) is 12.6. The lowest BCUT2D eigenvalue weighted by atomic mass is 10.0. The van der Waals surface area contributed by atoms with Gasteiger partial charge in [0.05, 0.1) is 0 Å². The number of carbonyl (C=O) groups is 1. The minimum Gasteiger partial charge on any atom is -0.371 e. The minimum absolute atomic E-state index is 0.0143. The lowest BCUT2D eigenvalue weighted by molar-refractivity contribution is -0.127. The molecular formula is C20H33N5O. The van der Waals surface area contributed by atoms with Gasteiger partial charge in [0, 0.05) is 45.5 Å². The number of rotatable bonds is 7. The Labute approximate surface area is 157 Å². The first kappa shape index (κ1) is 20.1. The second-order valence-electron chi connectivity index (χ2n) is 6.97. The van der Waals surface area contributed by atoms with Gasteiger partial charge in [0.25, 0.3) is 0 Å². The highest BCUT2D eigenvalue weighted by molar-refractivity contribution is 5.84. The van der Waals surface area contributed by atoms with Crippen molar-refractivity contribution < 1.29 is 4.79 Å². The number of hydrogen-bond acceptors (Lipinski definition) is 3. The van der Waals surface area contributed by atoms with Crippen LogP contribution in [0.5, 0.6) is 0 Å². The fraction of sp³-hybridized carbons (Fsp3) is 0.600.